The number of rotatable bonds is 7. The summed E-state index contributed by atoms with van der Waals surface area (Å²) in [6, 6.07) is 2.64. The maximum absolute atomic E-state index is 11.9. The molecule has 0 spiro atoms. The Kier molecular flexibility index (Phi) is 5.61. The summed E-state index contributed by atoms with van der Waals surface area (Å²) in [4.78, 5) is 20.7. The van der Waals surface area contributed by atoms with E-state index in [1.165, 1.54) is 0 Å². The molecule has 0 bridgehead atoms. The summed E-state index contributed by atoms with van der Waals surface area (Å²) >= 11 is 0. The van der Waals surface area contributed by atoms with Gasteiger partial charge < -0.3 is 10.4 Å². The first kappa shape index (κ1) is 16.9. The number of benzene rings is 1. The van der Waals surface area contributed by atoms with Crippen LogP contribution in [0.1, 0.15) is 13.3 Å². The number of phenolic OH excluding ortho intramolecular Hbond substituents is 1. The van der Waals surface area contributed by atoms with E-state index in [1.807, 2.05) is 11.6 Å². The van der Waals surface area contributed by atoms with Crippen LogP contribution in [0, 0.1) is 10.1 Å². The first-order valence-electron chi connectivity index (χ1n) is 6.01. The highest BCUT2D eigenvalue weighted by Crippen LogP contribution is 2.27. The number of amides is 1. The van der Waals surface area contributed by atoms with Gasteiger partial charge in [0.1, 0.15) is 0 Å². The average Bonchev–Trinajstić information content (AvgIpc) is 2.42. The summed E-state index contributed by atoms with van der Waals surface area (Å²) in [6.07, 6.45) is 0.711. The van der Waals surface area contributed by atoms with Crippen molar-refractivity contribution < 1.29 is 23.2 Å². The van der Waals surface area contributed by atoms with Crippen LogP contribution >= 0.6 is 0 Å². The molecule has 0 unspecified atom stereocenters. The second kappa shape index (κ2) is 6.99. The second-order valence-corrected chi connectivity index (χ2v) is 5.85. The normalized spacial score (nSPS) is 11.1. The Bertz CT molecular complexity index is 643. The smallest absolute Gasteiger partial charge is 0.312 e. The lowest BCUT2D eigenvalue weighted by molar-refractivity contribution is -0.386. The van der Waals surface area contributed by atoms with E-state index in [4.69, 9.17) is 0 Å². The number of aromatic hydroxyl groups is 1. The average molecular weight is 317 g/mol. The zero-order chi connectivity index (χ0) is 16.0. The third-order valence-corrected chi connectivity index (χ3v) is 3.85. The second-order valence-electron chi connectivity index (χ2n) is 4.08. The van der Waals surface area contributed by atoms with E-state index in [0.717, 1.165) is 18.2 Å². The third-order valence-electron chi connectivity index (χ3n) is 2.45. The van der Waals surface area contributed by atoms with Crippen molar-refractivity contribution in [2.45, 2.75) is 18.2 Å². The molecule has 116 valence electrons. The molecule has 10 heteroatoms. The quantitative estimate of drug-likeness (QED) is 0.481. The molecule has 3 N–H and O–H groups in total. The van der Waals surface area contributed by atoms with E-state index in [2.05, 4.69) is 5.32 Å². The summed E-state index contributed by atoms with van der Waals surface area (Å²) in [7, 11) is -4.08. The van der Waals surface area contributed by atoms with Crippen LogP contribution in [-0.2, 0) is 14.8 Å². The minimum absolute atomic E-state index is 0.407. The van der Waals surface area contributed by atoms with E-state index in [1.54, 1.807) is 0 Å². The van der Waals surface area contributed by atoms with Gasteiger partial charge in [0.2, 0.25) is 15.9 Å². The molecular weight excluding hydrogens is 302 g/mol. The minimum Gasteiger partial charge on any atom is -0.502 e. The fraction of sp³-hybridized carbons (Fsp3) is 0.364. The third kappa shape index (κ3) is 4.68. The monoisotopic (exact) mass is 317 g/mol. The first-order valence-corrected chi connectivity index (χ1v) is 7.50. The molecule has 1 aromatic rings. The Hall–Kier alpha value is -2.20. The lowest BCUT2D eigenvalue weighted by atomic mass is 10.3. The highest BCUT2D eigenvalue weighted by molar-refractivity contribution is 7.89. The molecule has 0 saturated heterocycles. The predicted molar refractivity (Wildman–Crippen MR) is 73.3 cm³/mol. The van der Waals surface area contributed by atoms with Crippen LogP contribution in [0.25, 0.3) is 0 Å². The van der Waals surface area contributed by atoms with Gasteiger partial charge in [0.25, 0.3) is 0 Å². The van der Waals surface area contributed by atoms with E-state index in [0.29, 0.717) is 13.0 Å². The van der Waals surface area contributed by atoms with Crippen LogP contribution in [0.4, 0.5) is 5.69 Å². The Morgan fingerprint density at radius 2 is 2.10 bits per heavy atom. The van der Waals surface area contributed by atoms with Crippen molar-refractivity contribution in [2.24, 2.45) is 0 Å². The number of phenols is 1. The summed E-state index contributed by atoms with van der Waals surface area (Å²) in [5.41, 5.74) is -0.728. The van der Waals surface area contributed by atoms with Crippen LogP contribution in [0.3, 0.4) is 0 Å². The van der Waals surface area contributed by atoms with Crippen molar-refractivity contribution in [1.29, 1.82) is 0 Å². The van der Waals surface area contributed by atoms with Gasteiger partial charge in [0.05, 0.1) is 16.4 Å². The molecule has 0 radical (unpaired) electrons. The molecule has 1 rings (SSSR count). The topological polar surface area (TPSA) is 139 Å². The van der Waals surface area contributed by atoms with E-state index < -0.39 is 43.7 Å². The van der Waals surface area contributed by atoms with Crippen molar-refractivity contribution in [3.63, 3.8) is 0 Å². The molecule has 1 amide bonds. The number of carbonyl (C=O) groups is 1. The maximum Gasteiger partial charge on any atom is 0.312 e. The van der Waals surface area contributed by atoms with Gasteiger partial charge in [0.15, 0.2) is 5.75 Å². The number of carbonyl (C=O) groups excluding carboxylic acids is 1. The minimum atomic E-state index is -4.08. The van der Waals surface area contributed by atoms with Crippen molar-refractivity contribution >= 4 is 21.6 Å². The van der Waals surface area contributed by atoms with Crippen LogP contribution in [0.5, 0.6) is 5.75 Å². The summed E-state index contributed by atoms with van der Waals surface area (Å²) in [5, 5.41) is 22.4. The Morgan fingerprint density at radius 3 is 2.67 bits per heavy atom. The molecule has 0 heterocycles. The van der Waals surface area contributed by atoms with Gasteiger partial charge in [0, 0.05) is 12.6 Å². The molecular formula is C11H15N3O6S. The molecule has 1 aromatic carbocycles. The highest BCUT2D eigenvalue weighted by Gasteiger charge is 2.21. The molecule has 0 aliphatic heterocycles. The number of sulfonamides is 1. The van der Waals surface area contributed by atoms with Gasteiger partial charge in [-0.25, -0.2) is 13.1 Å². The lowest BCUT2D eigenvalue weighted by Crippen LogP contribution is -2.37. The van der Waals surface area contributed by atoms with Crippen molar-refractivity contribution in [2.75, 3.05) is 13.1 Å². The van der Waals surface area contributed by atoms with Crippen molar-refractivity contribution in [3.05, 3.63) is 28.3 Å². The SMILES string of the molecule is CCCNC(=O)CNS(=O)(=O)c1ccc(O)c([N+](=O)[O-])c1. The summed E-state index contributed by atoms with van der Waals surface area (Å²) < 4.78 is 25.8. The van der Waals surface area contributed by atoms with Crippen LogP contribution in [0.15, 0.2) is 23.1 Å². The van der Waals surface area contributed by atoms with Crippen molar-refractivity contribution in [3.8, 4) is 5.75 Å². The summed E-state index contributed by atoms with van der Waals surface area (Å²) in [6.45, 7) is 1.79. The largest absolute Gasteiger partial charge is 0.502 e. The maximum atomic E-state index is 11.9. The van der Waals surface area contributed by atoms with Crippen LogP contribution in [0.2, 0.25) is 0 Å². The van der Waals surface area contributed by atoms with Gasteiger partial charge in [-0.1, -0.05) is 6.92 Å². The highest BCUT2D eigenvalue weighted by atomic mass is 32.2. The molecule has 0 fully saturated rings. The van der Waals surface area contributed by atoms with Crippen LogP contribution in [-0.4, -0.2) is 37.4 Å². The van der Waals surface area contributed by atoms with Crippen molar-refractivity contribution in [1.82, 2.24) is 10.0 Å². The predicted octanol–water partition coefficient (Wildman–Crippen LogP) is 0.105. The Labute approximate surface area is 121 Å². The lowest BCUT2D eigenvalue weighted by Gasteiger charge is -2.07. The molecule has 21 heavy (non-hydrogen) atoms. The Balaban J connectivity index is 2.86. The molecule has 0 aromatic heterocycles. The molecule has 0 saturated carbocycles. The zero-order valence-electron chi connectivity index (χ0n) is 11.2. The number of hydrogen-bond acceptors (Lipinski definition) is 6. The van der Waals surface area contributed by atoms with E-state index in [9.17, 15) is 28.4 Å². The Morgan fingerprint density at radius 1 is 1.43 bits per heavy atom. The fourth-order valence-electron chi connectivity index (χ4n) is 1.39. The number of hydrogen-bond donors (Lipinski definition) is 3. The molecule has 0 aliphatic rings. The van der Waals surface area contributed by atoms with Gasteiger partial charge in [-0.15, -0.1) is 0 Å². The van der Waals surface area contributed by atoms with Gasteiger partial charge in [-0.3, -0.25) is 14.9 Å². The van der Waals surface area contributed by atoms with Gasteiger partial charge in [-0.05, 0) is 18.6 Å². The van der Waals surface area contributed by atoms with E-state index in [-0.39, 0.29) is 0 Å². The van der Waals surface area contributed by atoms with E-state index >= 15 is 0 Å². The fourth-order valence-corrected chi connectivity index (χ4v) is 2.39. The molecule has 9 nitrogen and oxygen atoms in total. The number of nitrogens with zero attached hydrogens (tertiary/aromatic N) is 1. The zero-order valence-corrected chi connectivity index (χ0v) is 12.0. The number of nitrogens with one attached hydrogen (secondary N) is 2. The molecule has 0 aliphatic carbocycles. The number of nitro groups is 1. The van der Waals surface area contributed by atoms with Gasteiger partial charge in [-0.2, -0.15) is 0 Å². The first-order chi connectivity index (χ1) is 9.77. The van der Waals surface area contributed by atoms with Crippen LogP contribution < -0.4 is 10.0 Å². The summed E-state index contributed by atoms with van der Waals surface area (Å²) in [5.74, 6) is -1.15. The number of nitro benzene ring substituents is 1. The molecule has 0 atom stereocenters. The van der Waals surface area contributed by atoms with Gasteiger partial charge >= 0.3 is 5.69 Å². The standard InChI is InChI=1S/C11H15N3O6S/c1-2-5-12-11(16)7-13-21(19,20)8-3-4-10(15)9(6-8)14(17)18/h3-4,6,13,15H,2,5,7H2,1H3,(H,12,16).